The highest BCUT2D eigenvalue weighted by atomic mass is 16.5. The summed E-state index contributed by atoms with van der Waals surface area (Å²) >= 11 is 0. The Morgan fingerprint density at radius 2 is 2.17 bits per heavy atom. The summed E-state index contributed by atoms with van der Waals surface area (Å²) in [5.41, 5.74) is 7.11. The van der Waals surface area contributed by atoms with Crippen molar-refractivity contribution in [1.82, 2.24) is 0 Å². The maximum atomic E-state index is 8.72. The Morgan fingerprint density at radius 1 is 1.44 bits per heavy atom. The average Bonchev–Trinajstić information content (AvgIpc) is 2.37. The summed E-state index contributed by atoms with van der Waals surface area (Å²) in [5.74, 6) is 1.09. The van der Waals surface area contributed by atoms with Gasteiger partial charge < -0.3 is 20.4 Å². The second-order valence-corrected chi connectivity index (χ2v) is 4.43. The molecule has 0 unspecified atom stereocenters. The van der Waals surface area contributed by atoms with Crippen LogP contribution in [0.25, 0.3) is 0 Å². The fourth-order valence-corrected chi connectivity index (χ4v) is 1.51. The van der Waals surface area contributed by atoms with Crippen LogP contribution in [0.15, 0.2) is 23.4 Å². The van der Waals surface area contributed by atoms with Crippen LogP contribution in [0, 0.1) is 5.92 Å². The second kappa shape index (κ2) is 6.86. The van der Waals surface area contributed by atoms with Crippen LogP contribution in [-0.4, -0.2) is 24.8 Å². The van der Waals surface area contributed by atoms with E-state index in [4.69, 9.17) is 20.4 Å². The Labute approximate surface area is 107 Å². The molecule has 1 rings (SSSR count). The van der Waals surface area contributed by atoms with E-state index < -0.39 is 0 Å². The van der Waals surface area contributed by atoms with Crippen molar-refractivity contribution in [3.05, 3.63) is 29.3 Å². The quantitative estimate of drug-likeness (QED) is 0.351. The van der Waals surface area contributed by atoms with Gasteiger partial charge in [0.25, 0.3) is 0 Å². The van der Waals surface area contributed by atoms with E-state index in [0.29, 0.717) is 30.4 Å². The highest BCUT2D eigenvalue weighted by molar-refractivity contribution is 5.99. The zero-order chi connectivity index (χ0) is 13.5. The maximum absolute atomic E-state index is 8.72. The summed E-state index contributed by atoms with van der Waals surface area (Å²) < 4.78 is 10.7. The normalized spacial score (nSPS) is 11.9. The first kappa shape index (κ1) is 14.3. The molecule has 18 heavy (non-hydrogen) atoms. The first-order chi connectivity index (χ1) is 8.58. The Morgan fingerprint density at radius 3 is 2.72 bits per heavy atom. The molecule has 0 spiro atoms. The van der Waals surface area contributed by atoms with Gasteiger partial charge in [0, 0.05) is 6.61 Å². The lowest BCUT2D eigenvalue weighted by molar-refractivity contribution is 0.0970. The van der Waals surface area contributed by atoms with Crippen molar-refractivity contribution in [2.24, 2.45) is 16.8 Å². The fraction of sp³-hybridized carbons (Fsp3) is 0.462. The van der Waals surface area contributed by atoms with E-state index in [1.54, 1.807) is 19.2 Å². The molecule has 1 aromatic carbocycles. The molecule has 0 aliphatic rings. The minimum atomic E-state index is 0.0255. The topological polar surface area (TPSA) is 77.1 Å². The molecule has 0 bridgehead atoms. The molecule has 0 atom stereocenters. The Kier molecular flexibility index (Phi) is 5.45. The third-order valence-corrected chi connectivity index (χ3v) is 2.37. The van der Waals surface area contributed by atoms with Gasteiger partial charge in [-0.3, -0.25) is 0 Å². The molecule has 0 saturated carbocycles. The zero-order valence-corrected chi connectivity index (χ0v) is 11.0. The van der Waals surface area contributed by atoms with E-state index in [-0.39, 0.29) is 5.84 Å². The van der Waals surface area contributed by atoms with E-state index in [1.807, 2.05) is 6.07 Å². The predicted octanol–water partition coefficient (Wildman–Crippen LogP) is 1.96. The van der Waals surface area contributed by atoms with Gasteiger partial charge in [-0.05, 0) is 23.6 Å². The molecule has 5 nitrogen and oxygen atoms in total. The number of hydrogen-bond acceptors (Lipinski definition) is 4. The third kappa shape index (κ3) is 3.92. The largest absolute Gasteiger partial charge is 0.496 e. The van der Waals surface area contributed by atoms with Crippen LogP contribution >= 0.6 is 0 Å². The second-order valence-electron chi connectivity index (χ2n) is 4.43. The number of rotatable bonds is 6. The minimum Gasteiger partial charge on any atom is -0.496 e. The van der Waals surface area contributed by atoms with Crippen LogP contribution in [0.3, 0.4) is 0 Å². The third-order valence-electron chi connectivity index (χ3n) is 2.37. The number of nitrogens with zero attached hydrogens (tertiary/aromatic N) is 1. The monoisotopic (exact) mass is 252 g/mol. The maximum Gasteiger partial charge on any atom is 0.173 e. The molecule has 3 N–H and O–H groups in total. The van der Waals surface area contributed by atoms with Crippen LogP contribution in [0.4, 0.5) is 0 Å². The smallest absolute Gasteiger partial charge is 0.173 e. The lowest BCUT2D eigenvalue weighted by Crippen LogP contribution is -2.15. The van der Waals surface area contributed by atoms with Gasteiger partial charge in [0.2, 0.25) is 0 Å². The highest BCUT2D eigenvalue weighted by Crippen LogP contribution is 2.20. The number of nitrogens with two attached hydrogens (primary N) is 1. The highest BCUT2D eigenvalue weighted by Gasteiger charge is 2.09. The zero-order valence-electron chi connectivity index (χ0n) is 11.0. The van der Waals surface area contributed by atoms with Crippen LogP contribution in [-0.2, 0) is 11.3 Å². The summed E-state index contributed by atoms with van der Waals surface area (Å²) in [4.78, 5) is 0. The number of ether oxygens (including phenoxy) is 2. The van der Waals surface area contributed by atoms with Crippen LogP contribution in [0.2, 0.25) is 0 Å². The average molecular weight is 252 g/mol. The summed E-state index contributed by atoms with van der Waals surface area (Å²) in [5, 5.41) is 11.7. The SMILES string of the molecule is COc1ccc(COCC(C)C)cc1C(N)=NO. The summed E-state index contributed by atoms with van der Waals surface area (Å²) in [6.45, 7) is 5.38. The van der Waals surface area contributed by atoms with Gasteiger partial charge in [0.1, 0.15) is 5.75 Å². The fourth-order valence-electron chi connectivity index (χ4n) is 1.51. The van der Waals surface area contributed by atoms with Gasteiger partial charge in [-0.15, -0.1) is 0 Å². The summed E-state index contributed by atoms with van der Waals surface area (Å²) in [7, 11) is 1.54. The molecule has 100 valence electrons. The van der Waals surface area contributed by atoms with Gasteiger partial charge in [-0.25, -0.2) is 0 Å². The van der Waals surface area contributed by atoms with Crippen molar-refractivity contribution in [2.75, 3.05) is 13.7 Å². The lowest BCUT2D eigenvalue weighted by atomic mass is 10.1. The van der Waals surface area contributed by atoms with Crippen molar-refractivity contribution in [1.29, 1.82) is 0 Å². The van der Waals surface area contributed by atoms with Crippen molar-refractivity contribution >= 4 is 5.84 Å². The molecular formula is C13H20N2O3. The van der Waals surface area contributed by atoms with Crippen molar-refractivity contribution in [2.45, 2.75) is 20.5 Å². The van der Waals surface area contributed by atoms with E-state index in [0.717, 1.165) is 5.56 Å². The van der Waals surface area contributed by atoms with Crippen molar-refractivity contribution < 1.29 is 14.7 Å². The van der Waals surface area contributed by atoms with E-state index in [9.17, 15) is 0 Å². The van der Waals surface area contributed by atoms with Crippen molar-refractivity contribution in [3.8, 4) is 5.75 Å². The number of methoxy groups -OCH3 is 1. The molecule has 0 aliphatic heterocycles. The minimum absolute atomic E-state index is 0.0255. The first-order valence-electron chi connectivity index (χ1n) is 5.81. The van der Waals surface area contributed by atoms with Gasteiger partial charge in [-0.1, -0.05) is 25.1 Å². The number of amidine groups is 1. The standard InChI is InChI=1S/C13H20N2O3/c1-9(2)7-18-8-10-4-5-12(17-3)11(6-10)13(14)15-16/h4-6,9,16H,7-8H2,1-3H3,(H2,14,15). The van der Waals surface area contributed by atoms with Crippen LogP contribution in [0.5, 0.6) is 5.75 Å². The molecule has 5 heteroatoms. The van der Waals surface area contributed by atoms with Crippen LogP contribution in [0.1, 0.15) is 25.0 Å². The Hall–Kier alpha value is -1.75. The molecule has 1 aromatic rings. The predicted molar refractivity (Wildman–Crippen MR) is 70.0 cm³/mol. The molecular weight excluding hydrogens is 232 g/mol. The Balaban J connectivity index is 2.83. The Bertz CT molecular complexity index is 417. The molecule has 0 amide bonds. The van der Waals surface area contributed by atoms with Gasteiger partial charge >= 0.3 is 0 Å². The number of oxime groups is 1. The van der Waals surface area contributed by atoms with Gasteiger partial charge in [0.15, 0.2) is 5.84 Å². The van der Waals surface area contributed by atoms with E-state index in [1.165, 1.54) is 0 Å². The first-order valence-corrected chi connectivity index (χ1v) is 5.81. The molecule has 0 saturated heterocycles. The summed E-state index contributed by atoms with van der Waals surface area (Å²) in [6, 6.07) is 5.48. The summed E-state index contributed by atoms with van der Waals surface area (Å²) in [6.07, 6.45) is 0. The van der Waals surface area contributed by atoms with E-state index >= 15 is 0 Å². The van der Waals surface area contributed by atoms with E-state index in [2.05, 4.69) is 19.0 Å². The van der Waals surface area contributed by atoms with Gasteiger partial charge in [0.05, 0.1) is 19.3 Å². The van der Waals surface area contributed by atoms with Crippen LogP contribution < -0.4 is 10.5 Å². The molecule has 0 radical (unpaired) electrons. The lowest BCUT2D eigenvalue weighted by Gasteiger charge is -2.11. The van der Waals surface area contributed by atoms with Crippen molar-refractivity contribution in [3.63, 3.8) is 0 Å². The number of benzene rings is 1. The van der Waals surface area contributed by atoms with Gasteiger partial charge in [-0.2, -0.15) is 0 Å². The number of hydrogen-bond donors (Lipinski definition) is 2. The molecule has 0 heterocycles. The molecule has 0 aromatic heterocycles. The molecule has 0 aliphatic carbocycles. The molecule has 0 fully saturated rings.